The number of rotatable bonds is 4. The molecule has 96 valence electrons. The molecule has 1 aliphatic rings. The lowest BCUT2D eigenvalue weighted by Crippen LogP contribution is -2.28. The van der Waals surface area contributed by atoms with Gasteiger partial charge in [-0.3, -0.25) is 0 Å². The van der Waals surface area contributed by atoms with E-state index in [1.54, 1.807) is 0 Å². The summed E-state index contributed by atoms with van der Waals surface area (Å²) in [5.74, 6) is 1.85. The SMILES string of the molecule is CC1CCC(CNC(C)c2sccc2Br)CC1. The van der Waals surface area contributed by atoms with Gasteiger partial charge in [-0.05, 0) is 65.5 Å². The minimum absolute atomic E-state index is 0.476. The highest BCUT2D eigenvalue weighted by Crippen LogP contribution is 2.31. The van der Waals surface area contributed by atoms with Crippen molar-refractivity contribution in [3.8, 4) is 0 Å². The van der Waals surface area contributed by atoms with Gasteiger partial charge >= 0.3 is 0 Å². The van der Waals surface area contributed by atoms with Gasteiger partial charge in [0.1, 0.15) is 0 Å². The van der Waals surface area contributed by atoms with Crippen LogP contribution in [0.3, 0.4) is 0 Å². The maximum absolute atomic E-state index is 3.69. The van der Waals surface area contributed by atoms with E-state index in [-0.39, 0.29) is 0 Å². The molecule has 1 fully saturated rings. The molecule has 0 radical (unpaired) electrons. The molecule has 1 heterocycles. The van der Waals surface area contributed by atoms with E-state index >= 15 is 0 Å². The van der Waals surface area contributed by atoms with Crippen LogP contribution in [0, 0.1) is 11.8 Å². The van der Waals surface area contributed by atoms with Crippen LogP contribution in [0.25, 0.3) is 0 Å². The number of nitrogens with one attached hydrogen (secondary N) is 1. The van der Waals surface area contributed by atoms with Crippen LogP contribution >= 0.6 is 27.3 Å². The Morgan fingerprint density at radius 2 is 2.12 bits per heavy atom. The van der Waals surface area contributed by atoms with E-state index in [0.717, 1.165) is 11.8 Å². The Balaban J connectivity index is 1.77. The van der Waals surface area contributed by atoms with Gasteiger partial charge in [-0.2, -0.15) is 0 Å². The minimum Gasteiger partial charge on any atom is -0.309 e. The van der Waals surface area contributed by atoms with Crippen LogP contribution in [0.2, 0.25) is 0 Å². The molecule has 1 N–H and O–H groups in total. The second-order valence-electron chi connectivity index (χ2n) is 5.39. The first-order chi connectivity index (χ1) is 8.16. The summed E-state index contributed by atoms with van der Waals surface area (Å²) in [7, 11) is 0. The van der Waals surface area contributed by atoms with E-state index in [1.807, 2.05) is 11.3 Å². The Hall–Kier alpha value is 0.140. The highest BCUT2D eigenvalue weighted by Gasteiger charge is 2.19. The third-order valence-corrected chi connectivity index (χ3v) is 5.94. The zero-order chi connectivity index (χ0) is 12.3. The van der Waals surface area contributed by atoms with Crippen molar-refractivity contribution >= 4 is 27.3 Å². The maximum atomic E-state index is 3.69. The van der Waals surface area contributed by atoms with E-state index in [2.05, 4.69) is 46.5 Å². The zero-order valence-electron chi connectivity index (χ0n) is 10.7. The first-order valence-electron chi connectivity index (χ1n) is 6.63. The second kappa shape index (κ2) is 6.35. The highest BCUT2D eigenvalue weighted by atomic mass is 79.9. The molecule has 0 aliphatic heterocycles. The average Bonchev–Trinajstić information content (AvgIpc) is 2.74. The topological polar surface area (TPSA) is 12.0 Å². The van der Waals surface area contributed by atoms with Crippen molar-refractivity contribution in [2.75, 3.05) is 6.54 Å². The Bertz CT molecular complexity index is 342. The molecule has 1 aliphatic carbocycles. The normalized spacial score (nSPS) is 27.0. The number of hydrogen-bond acceptors (Lipinski definition) is 2. The van der Waals surface area contributed by atoms with Crippen LogP contribution < -0.4 is 5.32 Å². The van der Waals surface area contributed by atoms with Gasteiger partial charge in [0, 0.05) is 15.4 Å². The number of hydrogen-bond donors (Lipinski definition) is 1. The molecular formula is C14H22BrNS. The zero-order valence-corrected chi connectivity index (χ0v) is 13.1. The second-order valence-corrected chi connectivity index (χ2v) is 7.19. The van der Waals surface area contributed by atoms with E-state index in [4.69, 9.17) is 0 Å². The largest absolute Gasteiger partial charge is 0.309 e. The lowest BCUT2D eigenvalue weighted by atomic mass is 9.83. The van der Waals surface area contributed by atoms with Crippen LogP contribution in [-0.2, 0) is 0 Å². The summed E-state index contributed by atoms with van der Waals surface area (Å²) in [6, 6.07) is 2.62. The van der Waals surface area contributed by atoms with Crippen molar-refractivity contribution < 1.29 is 0 Å². The van der Waals surface area contributed by atoms with Gasteiger partial charge in [0.2, 0.25) is 0 Å². The van der Waals surface area contributed by atoms with Gasteiger partial charge in [0.15, 0.2) is 0 Å². The first kappa shape index (κ1) is 13.6. The summed E-state index contributed by atoms with van der Waals surface area (Å²) < 4.78 is 1.25. The number of thiophene rings is 1. The van der Waals surface area contributed by atoms with Crippen LogP contribution in [0.1, 0.15) is 50.4 Å². The molecule has 1 aromatic heterocycles. The molecule has 1 aromatic rings. The molecular weight excluding hydrogens is 294 g/mol. The molecule has 3 heteroatoms. The van der Waals surface area contributed by atoms with Gasteiger partial charge in [-0.15, -0.1) is 11.3 Å². The summed E-state index contributed by atoms with van der Waals surface area (Å²) >= 11 is 5.45. The van der Waals surface area contributed by atoms with Crippen molar-refractivity contribution in [1.29, 1.82) is 0 Å². The van der Waals surface area contributed by atoms with Gasteiger partial charge < -0.3 is 5.32 Å². The van der Waals surface area contributed by atoms with E-state index in [9.17, 15) is 0 Å². The van der Waals surface area contributed by atoms with Crippen LogP contribution in [0.4, 0.5) is 0 Å². The van der Waals surface area contributed by atoms with Gasteiger partial charge in [-0.1, -0.05) is 19.8 Å². The van der Waals surface area contributed by atoms with Gasteiger partial charge in [0.25, 0.3) is 0 Å². The van der Waals surface area contributed by atoms with E-state index in [1.165, 1.54) is 41.6 Å². The molecule has 1 unspecified atom stereocenters. The molecule has 17 heavy (non-hydrogen) atoms. The van der Waals surface area contributed by atoms with Crippen LogP contribution in [0.5, 0.6) is 0 Å². The van der Waals surface area contributed by atoms with Crippen molar-refractivity contribution in [2.45, 2.75) is 45.6 Å². The molecule has 0 aromatic carbocycles. The summed E-state index contributed by atoms with van der Waals surface area (Å²) in [6.07, 6.45) is 5.66. The maximum Gasteiger partial charge on any atom is 0.0397 e. The summed E-state index contributed by atoms with van der Waals surface area (Å²) in [4.78, 5) is 1.43. The van der Waals surface area contributed by atoms with Crippen molar-refractivity contribution in [3.05, 3.63) is 20.8 Å². The monoisotopic (exact) mass is 315 g/mol. The highest BCUT2D eigenvalue weighted by molar-refractivity contribution is 9.10. The Labute approximate surface area is 117 Å². The molecule has 0 bridgehead atoms. The molecule has 1 nitrogen and oxygen atoms in total. The van der Waals surface area contributed by atoms with E-state index < -0.39 is 0 Å². The molecule has 0 spiro atoms. The predicted octanol–water partition coefficient (Wildman–Crippen LogP) is 4.99. The lowest BCUT2D eigenvalue weighted by Gasteiger charge is -2.27. The fourth-order valence-electron chi connectivity index (χ4n) is 2.58. The Kier molecular flexibility index (Phi) is 5.07. The minimum atomic E-state index is 0.476. The van der Waals surface area contributed by atoms with Crippen molar-refractivity contribution in [3.63, 3.8) is 0 Å². The molecule has 1 atom stereocenters. The summed E-state index contributed by atoms with van der Waals surface area (Å²) in [5.41, 5.74) is 0. The predicted molar refractivity (Wildman–Crippen MR) is 79.6 cm³/mol. The smallest absolute Gasteiger partial charge is 0.0397 e. The van der Waals surface area contributed by atoms with Gasteiger partial charge in [-0.25, -0.2) is 0 Å². The van der Waals surface area contributed by atoms with Gasteiger partial charge in [0.05, 0.1) is 0 Å². The van der Waals surface area contributed by atoms with Crippen LogP contribution in [0.15, 0.2) is 15.9 Å². The fraction of sp³-hybridized carbons (Fsp3) is 0.714. The average molecular weight is 316 g/mol. The molecule has 0 amide bonds. The Morgan fingerprint density at radius 1 is 1.41 bits per heavy atom. The van der Waals surface area contributed by atoms with Crippen molar-refractivity contribution in [1.82, 2.24) is 5.32 Å². The standard InChI is InChI=1S/C14H22BrNS/c1-10-3-5-12(6-4-10)9-16-11(2)14-13(15)7-8-17-14/h7-8,10-12,16H,3-6,9H2,1-2H3. The third-order valence-electron chi connectivity index (χ3n) is 3.89. The molecule has 0 saturated heterocycles. The lowest BCUT2D eigenvalue weighted by molar-refractivity contribution is 0.276. The quantitative estimate of drug-likeness (QED) is 0.825. The number of halogens is 1. The fourth-order valence-corrected chi connectivity index (χ4v) is 4.33. The van der Waals surface area contributed by atoms with E-state index in [0.29, 0.717) is 6.04 Å². The first-order valence-corrected chi connectivity index (χ1v) is 8.30. The Morgan fingerprint density at radius 3 is 2.71 bits per heavy atom. The summed E-state index contributed by atoms with van der Waals surface area (Å²) in [6.45, 7) is 5.83. The molecule has 1 saturated carbocycles. The molecule has 2 rings (SSSR count). The van der Waals surface area contributed by atoms with Crippen molar-refractivity contribution in [2.24, 2.45) is 11.8 Å². The summed E-state index contributed by atoms with van der Waals surface area (Å²) in [5, 5.41) is 5.84. The van der Waals surface area contributed by atoms with Crippen LogP contribution in [-0.4, -0.2) is 6.54 Å². The third kappa shape index (κ3) is 3.80.